The normalized spacial score (nSPS) is 11.0. The Morgan fingerprint density at radius 1 is 0.871 bits per heavy atom. The highest BCUT2D eigenvalue weighted by Crippen LogP contribution is 2.14. The number of rotatable bonds is 19. The lowest BCUT2D eigenvalue weighted by atomic mass is 10.0. The summed E-state index contributed by atoms with van der Waals surface area (Å²) in [5.41, 5.74) is 1.50. The van der Waals surface area contributed by atoms with Crippen LogP contribution in [-0.4, -0.2) is 29.8 Å². The summed E-state index contributed by atoms with van der Waals surface area (Å²) in [4.78, 5) is 27.0. The molecule has 0 aliphatic rings. The lowest BCUT2D eigenvalue weighted by molar-refractivity contribution is -0.142. The first-order valence-electron chi connectivity index (χ1n) is 11.9. The number of carboxylic acids is 1. The Labute approximate surface area is 187 Å². The van der Waals surface area contributed by atoms with Gasteiger partial charge in [-0.3, -0.25) is 4.79 Å². The third-order valence-electron chi connectivity index (χ3n) is 5.17. The zero-order valence-corrected chi connectivity index (χ0v) is 19.1. The number of oxime groups is 1. The molecule has 1 aromatic carbocycles. The molecule has 1 amide bonds. The van der Waals surface area contributed by atoms with Crippen LogP contribution in [0.3, 0.4) is 0 Å². The van der Waals surface area contributed by atoms with Crippen LogP contribution in [0.5, 0.6) is 0 Å². The fourth-order valence-electron chi connectivity index (χ4n) is 3.37. The molecule has 6 heteroatoms. The van der Waals surface area contributed by atoms with Crippen LogP contribution in [0, 0.1) is 0 Å². The molecule has 0 heterocycles. The number of hydrogen-bond acceptors (Lipinski definition) is 4. The van der Waals surface area contributed by atoms with Crippen molar-refractivity contribution in [2.24, 2.45) is 5.16 Å². The highest BCUT2D eigenvalue weighted by molar-refractivity contribution is 5.91. The van der Waals surface area contributed by atoms with Crippen molar-refractivity contribution in [3.8, 4) is 0 Å². The average molecular weight is 433 g/mol. The Morgan fingerprint density at radius 2 is 1.39 bits per heavy atom. The van der Waals surface area contributed by atoms with Gasteiger partial charge >= 0.3 is 5.97 Å². The van der Waals surface area contributed by atoms with Gasteiger partial charge in [-0.05, 0) is 24.1 Å². The van der Waals surface area contributed by atoms with Crippen LogP contribution in [0.1, 0.15) is 102 Å². The van der Waals surface area contributed by atoms with E-state index in [9.17, 15) is 9.59 Å². The second-order valence-electron chi connectivity index (χ2n) is 8.06. The Bertz CT molecular complexity index is 629. The lowest BCUT2D eigenvalue weighted by Gasteiger charge is -2.06. The first-order valence-corrected chi connectivity index (χ1v) is 11.9. The number of anilines is 1. The number of aliphatic carboxylic acids is 1. The Kier molecular flexibility index (Phi) is 15.8. The minimum Gasteiger partial charge on any atom is -0.479 e. The van der Waals surface area contributed by atoms with E-state index in [0.29, 0.717) is 6.42 Å². The van der Waals surface area contributed by atoms with Gasteiger partial charge in [0, 0.05) is 12.1 Å². The highest BCUT2D eigenvalue weighted by Gasteiger charge is 2.02. The molecule has 0 atom stereocenters. The van der Waals surface area contributed by atoms with Gasteiger partial charge in [-0.15, -0.1) is 0 Å². The molecule has 0 spiro atoms. The molecular formula is C25H40N2O4. The molecule has 0 unspecified atom stereocenters. The van der Waals surface area contributed by atoms with Crippen molar-refractivity contribution in [2.45, 2.75) is 96.8 Å². The number of hydrogen-bond donors (Lipinski definition) is 2. The van der Waals surface area contributed by atoms with Crippen LogP contribution in [0.25, 0.3) is 0 Å². The molecule has 0 aliphatic carbocycles. The van der Waals surface area contributed by atoms with Crippen molar-refractivity contribution in [1.29, 1.82) is 0 Å². The van der Waals surface area contributed by atoms with Crippen LogP contribution in [-0.2, 0) is 14.4 Å². The fourth-order valence-corrected chi connectivity index (χ4v) is 3.37. The Balaban J connectivity index is 2.00. The van der Waals surface area contributed by atoms with E-state index in [1.807, 2.05) is 0 Å². The largest absolute Gasteiger partial charge is 0.479 e. The third kappa shape index (κ3) is 16.0. The van der Waals surface area contributed by atoms with Crippen LogP contribution in [0.2, 0.25) is 0 Å². The molecule has 0 radical (unpaired) electrons. The number of carboxylic acid groups (broad SMARTS) is 1. The summed E-state index contributed by atoms with van der Waals surface area (Å²) in [5, 5.41) is 14.9. The predicted molar refractivity (Wildman–Crippen MR) is 127 cm³/mol. The molecule has 0 saturated carbocycles. The SMILES string of the molecule is CCCCCCCCCCCCCCCC(=O)Nc1ccc(/C=N/OCC(=O)O)cc1. The molecule has 0 aromatic heterocycles. The molecule has 0 saturated heterocycles. The predicted octanol–water partition coefficient (Wildman–Crippen LogP) is 6.54. The summed E-state index contributed by atoms with van der Waals surface area (Å²) in [5.74, 6) is -1.03. The molecule has 31 heavy (non-hydrogen) atoms. The number of nitrogens with zero attached hydrogens (tertiary/aromatic N) is 1. The monoisotopic (exact) mass is 432 g/mol. The van der Waals surface area contributed by atoms with Gasteiger partial charge in [-0.1, -0.05) is 101 Å². The highest BCUT2D eigenvalue weighted by atomic mass is 16.6. The summed E-state index contributed by atoms with van der Waals surface area (Å²) in [6.07, 6.45) is 18.8. The lowest BCUT2D eigenvalue weighted by Crippen LogP contribution is -2.11. The van der Waals surface area contributed by atoms with E-state index in [1.54, 1.807) is 24.3 Å². The quantitative estimate of drug-likeness (QED) is 0.147. The molecular weight excluding hydrogens is 392 g/mol. The summed E-state index contributed by atoms with van der Waals surface area (Å²) in [7, 11) is 0. The van der Waals surface area contributed by atoms with E-state index in [4.69, 9.17) is 5.11 Å². The summed E-state index contributed by atoms with van der Waals surface area (Å²) >= 11 is 0. The number of nitrogens with one attached hydrogen (secondary N) is 1. The van der Waals surface area contributed by atoms with Gasteiger partial charge in [0.2, 0.25) is 12.5 Å². The van der Waals surface area contributed by atoms with Crippen molar-refractivity contribution in [3.63, 3.8) is 0 Å². The maximum absolute atomic E-state index is 12.1. The number of benzene rings is 1. The first kappa shape index (κ1) is 26.7. The molecule has 6 nitrogen and oxygen atoms in total. The van der Waals surface area contributed by atoms with Gasteiger partial charge < -0.3 is 15.3 Å². The minimum absolute atomic E-state index is 0.0364. The van der Waals surface area contributed by atoms with Gasteiger partial charge in [0.15, 0.2) is 0 Å². The Hall–Kier alpha value is -2.37. The van der Waals surface area contributed by atoms with E-state index >= 15 is 0 Å². The van der Waals surface area contributed by atoms with Gasteiger partial charge in [0.1, 0.15) is 0 Å². The van der Waals surface area contributed by atoms with Crippen LogP contribution >= 0.6 is 0 Å². The topological polar surface area (TPSA) is 88.0 Å². The van der Waals surface area contributed by atoms with Crippen LogP contribution in [0.15, 0.2) is 29.4 Å². The van der Waals surface area contributed by atoms with Gasteiger partial charge in [0.25, 0.3) is 0 Å². The van der Waals surface area contributed by atoms with E-state index in [2.05, 4.69) is 22.2 Å². The van der Waals surface area contributed by atoms with Crippen molar-refractivity contribution in [3.05, 3.63) is 29.8 Å². The smallest absolute Gasteiger partial charge is 0.344 e. The van der Waals surface area contributed by atoms with E-state index in [-0.39, 0.29) is 5.91 Å². The molecule has 174 valence electrons. The summed E-state index contributed by atoms with van der Waals surface area (Å²) < 4.78 is 0. The molecule has 1 aromatic rings. The third-order valence-corrected chi connectivity index (χ3v) is 5.17. The van der Waals surface area contributed by atoms with Gasteiger partial charge in [0.05, 0.1) is 6.21 Å². The number of carbonyl (C=O) groups excluding carboxylic acids is 1. The Morgan fingerprint density at radius 3 is 1.90 bits per heavy atom. The van der Waals surface area contributed by atoms with E-state index in [0.717, 1.165) is 24.1 Å². The maximum Gasteiger partial charge on any atom is 0.344 e. The van der Waals surface area contributed by atoms with Crippen molar-refractivity contribution >= 4 is 23.8 Å². The second kappa shape index (κ2) is 18.4. The average Bonchev–Trinajstić information content (AvgIpc) is 2.75. The van der Waals surface area contributed by atoms with Crippen molar-refractivity contribution in [2.75, 3.05) is 11.9 Å². The first-order chi connectivity index (χ1) is 15.1. The maximum atomic E-state index is 12.1. The molecule has 0 bridgehead atoms. The fraction of sp³-hybridized carbons (Fsp3) is 0.640. The van der Waals surface area contributed by atoms with Crippen LogP contribution in [0.4, 0.5) is 5.69 Å². The van der Waals surface area contributed by atoms with E-state index < -0.39 is 12.6 Å². The molecule has 0 fully saturated rings. The molecule has 2 N–H and O–H groups in total. The van der Waals surface area contributed by atoms with Crippen LogP contribution < -0.4 is 5.32 Å². The standard InChI is InChI=1S/C25H40N2O4/c1-2-3-4-5-6-7-8-9-10-11-12-13-14-15-24(28)27-23-18-16-22(17-19-23)20-26-31-21-25(29)30/h16-20H,2-15,21H2,1H3,(H,27,28)(H,29,30)/b26-20+. The number of carbonyl (C=O) groups is 2. The minimum atomic E-state index is -1.07. The zero-order valence-electron chi connectivity index (χ0n) is 19.1. The summed E-state index contributed by atoms with van der Waals surface area (Å²) in [6.45, 7) is 1.79. The number of amides is 1. The van der Waals surface area contributed by atoms with Gasteiger partial charge in [-0.2, -0.15) is 0 Å². The summed E-state index contributed by atoms with van der Waals surface area (Å²) in [6, 6.07) is 7.16. The zero-order chi connectivity index (χ0) is 22.6. The van der Waals surface area contributed by atoms with Gasteiger partial charge in [-0.25, -0.2) is 4.79 Å². The molecule has 0 aliphatic heterocycles. The van der Waals surface area contributed by atoms with Crippen molar-refractivity contribution < 1.29 is 19.5 Å². The number of unbranched alkanes of at least 4 members (excludes halogenated alkanes) is 12. The van der Waals surface area contributed by atoms with E-state index in [1.165, 1.54) is 76.8 Å². The second-order valence-corrected chi connectivity index (χ2v) is 8.06. The van der Waals surface area contributed by atoms with Crippen molar-refractivity contribution in [1.82, 2.24) is 0 Å². The molecule has 1 rings (SSSR count).